The minimum atomic E-state index is -2.84. The van der Waals surface area contributed by atoms with Crippen molar-refractivity contribution in [3.05, 3.63) is 24.3 Å². The number of ether oxygens (including phenoxy) is 1. The van der Waals surface area contributed by atoms with Crippen LogP contribution in [0.3, 0.4) is 0 Å². The molecule has 0 N–H and O–H groups in total. The van der Waals surface area contributed by atoms with Crippen molar-refractivity contribution in [2.45, 2.75) is 0 Å². The third-order valence-corrected chi connectivity index (χ3v) is 10.1. The number of methoxy groups -OCH3 is 1. The summed E-state index contributed by atoms with van der Waals surface area (Å²) in [5, 5.41) is -2.84. The fourth-order valence-corrected chi connectivity index (χ4v) is 6.51. The number of benzene rings is 1. The molecule has 0 bridgehead atoms. The van der Waals surface area contributed by atoms with Crippen molar-refractivity contribution in [3.8, 4) is 5.75 Å². The van der Waals surface area contributed by atoms with Gasteiger partial charge in [0.1, 0.15) is 0 Å². The van der Waals surface area contributed by atoms with Gasteiger partial charge in [0.15, 0.2) is 0 Å². The zero-order valence-corrected chi connectivity index (χ0v) is 12.0. The Labute approximate surface area is 98.9 Å². The predicted molar refractivity (Wildman–Crippen MR) is 60.0 cm³/mol. The van der Waals surface area contributed by atoms with Crippen molar-refractivity contribution in [1.29, 1.82) is 0 Å². The van der Waals surface area contributed by atoms with Crippen LogP contribution in [0.1, 0.15) is 0 Å². The maximum atomic E-state index is 11.9. The standard InChI is InChI=1S/C9H13O4PTe/c1-11-8-4-6-9(7-5-8)15-14(10,12-2)13-3/h4-7H,1-3H3. The monoisotopic (exact) mass is 346 g/mol. The molecule has 0 spiro atoms. The van der Waals surface area contributed by atoms with Crippen molar-refractivity contribution in [2.75, 3.05) is 21.3 Å². The van der Waals surface area contributed by atoms with Crippen molar-refractivity contribution in [1.82, 2.24) is 0 Å². The van der Waals surface area contributed by atoms with E-state index < -0.39 is 25.7 Å². The van der Waals surface area contributed by atoms with Gasteiger partial charge in [-0.2, -0.15) is 0 Å². The number of rotatable bonds is 5. The SMILES string of the molecule is COc1ccc([Te]P(=O)(OC)OC)cc1. The maximum absolute atomic E-state index is 11.9. The van der Waals surface area contributed by atoms with Crippen molar-refractivity contribution in [2.24, 2.45) is 0 Å². The summed E-state index contributed by atoms with van der Waals surface area (Å²) in [6, 6.07) is 7.48. The van der Waals surface area contributed by atoms with Gasteiger partial charge in [0.25, 0.3) is 0 Å². The van der Waals surface area contributed by atoms with Crippen LogP contribution < -0.4 is 8.35 Å². The fraction of sp³-hybridized carbons (Fsp3) is 0.333. The van der Waals surface area contributed by atoms with Gasteiger partial charge in [-0.15, -0.1) is 0 Å². The quantitative estimate of drug-likeness (QED) is 0.599. The Kier molecular flexibility index (Phi) is 5.11. The molecule has 0 saturated carbocycles. The molecule has 0 aliphatic carbocycles. The number of hydrogen-bond acceptors (Lipinski definition) is 4. The molecule has 0 heterocycles. The molecule has 0 aromatic heterocycles. The third-order valence-electron chi connectivity index (χ3n) is 1.72. The summed E-state index contributed by atoms with van der Waals surface area (Å²) in [5.41, 5.74) is 0. The second-order valence-electron chi connectivity index (χ2n) is 2.58. The molecule has 0 aliphatic heterocycles. The van der Waals surface area contributed by atoms with E-state index in [2.05, 4.69) is 0 Å². The second kappa shape index (κ2) is 5.89. The van der Waals surface area contributed by atoms with Crippen molar-refractivity contribution in [3.63, 3.8) is 0 Å². The van der Waals surface area contributed by atoms with E-state index in [0.29, 0.717) is 0 Å². The minimum absolute atomic E-state index is 0.788. The van der Waals surface area contributed by atoms with E-state index in [1.807, 2.05) is 24.3 Å². The molecule has 15 heavy (non-hydrogen) atoms. The molecule has 0 saturated heterocycles. The molecule has 0 amide bonds. The summed E-state index contributed by atoms with van der Waals surface area (Å²) < 4.78 is 27.7. The van der Waals surface area contributed by atoms with Crippen LogP contribution in [0.4, 0.5) is 0 Å². The molecular weight excluding hydrogens is 331 g/mol. The molecule has 84 valence electrons. The molecule has 1 aromatic rings. The van der Waals surface area contributed by atoms with Gasteiger partial charge in [-0.25, -0.2) is 0 Å². The van der Waals surface area contributed by atoms with Gasteiger partial charge in [0.05, 0.1) is 0 Å². The van der Waals surface area contributed by atoms with Crippen LogP contribution in [0.5, 0.6) is 5.75 Å². The Hall–Kier alpha value is -0.0404. The van der Waals surface area contributed by atoms with Crippen molar-refractivity contribution < 1.29 is 18.3 Å². The Morgan fingerprint density at radius 2 is 1.60 bits per heavy atom. The van der Waals surface area contributed by atoms with E-state index in [9.17, 15) is 4.57 Å². The van der Waals surface area contributed by atoms with E-state index in [1.165, 1.54) is 14.2 Å². The normalized spacial score (nSPS) is 11.4. The Morgan fingerprint density at radius 3 is 2.00 bits per heavy atom. The van der Waals surface area contributed by atoms with E-state index >= 15 is 0 Å². The van der Waals surface area contributed by atoms with Crippen LogP contribution in [0, 0.1) is 0 Å². The van der Waals surface area contributed by atoms with Gasteiger partial charge in [-0.3, -0.25) is 0 Å². The van der Waals surface area contributed by atoms with E-state index in [0.717, 1.165) is 9.36 Å². The first-order chi connectivity index (χ1) is 7.13. The molecule has 1 rings (SSSR count). The van der Waals surface area contributed by atoms with Crippen LogP contribution in [-0.2, 0) is 13.6 Å². The molecule has 4 nitrogen and oxygen atoms in total. The number of hydrogen-bond donors (Lipinski definition) is 0. The predicted octanol–water partition coefficient (Wildman–Crippen LogP) is 1.43. The van der Waals surface area contributed by atoms with Gasteiger partial charge in [0, 0.05) is 0 Å². The Bertz CT molecular complexity index is 344. The van der Waals surface area contributed by atoms with Gasteiger partial charge in [0.2, 0.25) is 0 Å². The van der Waals surface area contributed by atoms with E-state index in [4.69, 9.17) is 13.8 Å². The summed E-state index contributed by atoms with van der Waals surface area (Å²) >= 11 is -0.977. The molecule has 1 aromatic carbocycles. The van der Waals surface area contributed by atoms with Gasteiger partial charge in [-0.05, 0) is 0 Å². The average molecular weight is 344 g/mol. The fourth-order valence-electron chi connectivity index (χ4n) is 0.915. The first kappa shape index (κ1) is 13.0. The first-order valence-corrected chi connectivity index (χ1v) is 9.94. The zero-order chi connectivity index (χ0) is 11.3. The summed E-state index contributed by atoms with van der Waals surface area (Å²) in [7, 11) is 4.44. The summed E-state index contributed by atoms with van der Waals surface area (Å²) in [6.07, 6.45) is 0. The third kappa shape index (κ3) is 3.79. The molecule has 0 unspecified atom stereocenters. The molecule has 0 fully saturated rings. The average Bonchev–Trinajstić information content (AvgIpc) is 2.30. The summed E-state index contributed by atoms with van der Waals surface area (Å²) in [5.74, 6) is 0.788. The van der Waals surface area contributed by atoms with Crippen molar-refractivity contribution >= 4 is 29.3 Å². The molecule has 0 radical (unpaired) electrons. The summed E-state index contributed by atoms with van der Waals surface area (Å²) in [4.78, 5) is 0. The topological polar surface area (TPSA) is 44.8 Å². The zero-order valence-electron chi connectivity index (χ0n) is 8.80. The van der Waals surface area contributed by atoms with Crippen LogP contribution in [0.25, 0.3) is 0 Å². The van der Waals surface area contributed by atoms with Gasteiger partial charge >= 0.3 is 99.0 Å². The second-order valence-corrected chi connectivity index (χ2v) is 11.1. The van der Waals surface area contributed by atoms with Crippen LogP contribution in [0.2, 0.25) is 0 Å². The molecule has 6 heteroatoms. The van der Waals surface area contributed by atoms with Gasteiger partial charge in [-0.1, -0.05) is 0 Å². The molecular formula is C9H13O4PTe. The Balaban J connectivity index is 2.76. The van der Waals surface area contributed by atoms with Crippen LogP contribution in [-0.4, -0.2) is 41.7 Å². The first-order valence-electron chi connectivity index (χ1n) is 4.18. The Morgan fingerprint density at radius 1 is 1.07 bits per heavy atom. The van der Waals surface area contributed by atoms with Gasteiger partial charge < -0.3 is 0 Å². The van der Waals surface area contributed by atoms with Crippen LogP contribution in [0.15, 0.2) is 24.3 Å². The summed E-state index contributed by atoms with van der Waals surface area (Å²) in [6.45, 7) is 0. The van der Waals surface area contributed by atoms with Crippen LogP contribution >= 0.6 is 5.29 Å². The van der Waals surface area contributed by atoms with E-state index in [-0.39, 0.29) is 0 Å². The molecule has 0 aliphatic rings. The van der Waals surface area contributed by atoms with E-state index in [1.54, 1.807) is 7.11 Å². The molecule has 0 atom stereocenters.